The van der Waals surface area contributed by atoms with Crippen LogP contribution < -0.4 is 0 Å². The molecule has 7 heteroatoms. The predicted octanol–water partition coefficient (Wildman–Crippen LogP) is 1.84. The number of nitrogens with zero attached hydrogens (tertiary/aromatic N) is 5. The Morgan fingerprint density at radius 3 is 2.46 bits per heavy atom. The molecular formula is C19H31N5O2. The molecule has 2 saturated heterocycles. The zero-order chi connectivity index (χ0) is 17.9. The van der Waals surface area contributed by atoms with Gasteiger partial charge < -0.3 is 10.0 Å². The number of aromatic nitrogens is 3. The minimum atomic E-state index is -0.182. The highest BCUT2D eigenvalue weighted by Crippen LogP contribution is 2.27. The molecule has 0 bridgehead atoms. The van der Waals surface area contributed by atoms with Crippen molar-refractivity contribution in [3.05, 3.63) is 11.9 Å². The average molecular weight is 361 g/mol. The second-order valence-electron chi connectivity index (χ2n) is 8.19. The minimum Gasteiger partial charge on any atom is -0.392 e. The van der Waals surface area contributed by atoms with Crippen molar-refractivity contribution < 1.29 is 9.90 Å². The molecule has 2 aliphatic heterocycles. The van der Waals surface area contributed by atoms with Gasteiger partial charge in [-0.1, -0.05) is 24.5 Å². The number of piperidine rings is 2. The van der Waals surface area contributed by atoms with Crippen LogP contribution in [0.25, 0.3) is 0 Å². The number of hydrogen-bond acceptors (Lipinski definition) is 5. The van der Waals surface area contributed by atoms with Crippen LogP contribution >= 0.6 is 0 Å². The van der Waals surface area contributed by atoms with Crippen molar-refractivity contribution in [3.63, 3.8) is 0 Å². The molecule has 0 unspecified atom stereocenters. The monoisotopic (exact) mass is 361 g/mol. The summed E-state index contributed by atoms with van der Waals surface area (Å²) >= 11 is 0. The van der Waals surface area contributed by atoms with Gasteiger partial charge >= 0.3 is 0 Å². The number of carbonyl (C=O) groups is 1. The maximum absolute atomic E-state index is 12.8. The first-order valence-corrected chi connectivity index (χ1v) is 10.3. The number of rotatable bonds is 3. The Bertz CT molecular complexity index is 605. The molecule has 1 N–H and O–H groups in total. The van der Waals surface area contributed by atoms with E-state index >= 15 is 0 Å². The van der Waals surface area contributed by atoms with E-state index in [0.29, 0.717) is 17.8 Å². The third kappa shape index (κ3) is 3.93. The summed E-state index contributed by atoms with van der Waals surface area (Å²) in [6.45, 7) is 3.40. The van der Waals surface area contributed by atoms with E-state index in [-0.39, 0.29) is 12.0 Å². The lowest BCUT2D eigenvalue weighted by molar-refractivity contribution is 0.0239. The summed E-state index contributed by atoms with van der Waals surface area (Å²) in [6.07, 6.45) is 11.7. The van der Waals surface area contributed by atoms with Gasteiger partial charge in [-0.2, -0.15) is 0 Å². The number of likely N-dealkylation sites (tertiary alicyclic amines) is 2. The second-order valence-corrected chi connectivity index (χ2v) is 8.19. The van der Waals surface area contributed by atoms with Gasteiger partial charge in [0, 0.05) is 25.7 Å². The molecule has 3 heterocycles. The zero-order valence-electron chi connectivity index (χ0n) is 15.6. The molecule has 0 aromatic carbocycles. The largest absolute Gasteiger partial charge is 0.392 e. The number of aliphatic hydroxyl groups is 1. The van der Waals surface area contributed by atoms with Crippen molar-refractivity contribution in [3.8, 4) is 0 Å². The molecule has 1 aromatic heterocycles. The highest BCUT2D eigenvalue weighted by atomic mass is 16.3. The quantitative estimate of drug-likeness (QED) is 0.889. The molecule has 3 fully saturated rings. The van der Waals surface area contributed by atoms with Crippen molar-refractivity contribution in [2.45, 2.75) is 76.0 Å². The molecule has 1 aromatic rings. The lowest BCUT2D eigenvalue weighted by Crippen LogP contribution is -2.50. The molecule has 26 heavy (non-hydrogen) atoms. The summed E-state index contributed by atoms with van der Waals surface area (Å²) < 4.78 is 1.91. The van der Waals surface area contributed by atoms with Gasteiger partial charge in [-0.25, -0.2) is 4.68 Å². The fourth-order valence-electron chi connectivity index (χ4n) is 4.81. The summed E-state index contributed by atoms with van der Waals surface area (Å²) in [6, 6.07) is 0.904. The molecule has 0 spiro atoms. The molecular weight excluding hydrogens is 330 g/mol. The maximum atomic E-state index is 12.8. The maximum Gasteiger partial charge on any atom is 0.276 e. The van der Waals surface area contributed by atoms with Crippen molar-refractivity contribution in [2.75, 3.05) is 26.2 Å². The van der Waals surface area contributed by atoms with Gasteiger partial charge in [-0.05, 0) is 45.1 Å². The molecule has 7 nitrogen and oxygen atoms in total. The fourth-order valence-corrected chi connectivity index (χ4v) is 4.81. The molecule has 144 valence electrons. The summed E-state index contributed by atoms with van der Waals surface area (Å²) in [7, 11) is 0. The second kappa shape index (κ2) is 8.05. The SMILES string of the molecule is O=C(c1cn(C2CCCCC2)nn1)N1CCC(N2CCC[C@H](O)C2)CC1. The summed E-state index contributed by atoms with van der Waals surface area (Å²) in [4.78, 5) is 17.1. The van der Waals surface area contributed by atoms with Crippen molar-refractivity contribution in [2.24, 2.45) is 0 Å². The number of amides is 1. The predicted molar refractivity (Wildman–Crippen MR) is 97.9 cm³/mol. The highest BCUT2D eigenvalue weighted by Gasteiger charge is 2.31. The Labute approximate surface area is 155 Å². The first-order chi connectivity index (χ1) is 12.7. The lowest BCUT2D eigenvalue weighted by Gasteiger charge is -2.41. The highest BCUT2D eigenvalue weighted by molar-refractivity contribution is 5.92. The number of carbonyl (C=O) groups excluding carboxylic acids is 1. The molecule has 1 saturated carbocycles. The summed E-state index contributed by atoms with van der Waals surface area (Å²) in [5, 5.41) is 18.3. The van der Waals surface area contributed by atoms with E-state index in [4.69, 9.17) is 0 Å². The zero-order valence-corrected chi connectivity index (χ0v) is 15.6. The van der Waals surface area contributed by atoms with Gasteiger partial charge in [0.1, 0.15) is 0 Å². The van der Waals surface area contributed by atoms with Crippen LogP contribution in [0.1, 0.15) is 74.3 Å². The summed E-state index contributed by atoms with van der Waals surface area (Å²) in [5.41, 5.74) is 0.488. The van der Waals surface area contributed by atoms with Gasteiger partial charge in [0.2, 0.25) is 0 Å². The van der Waals surface area contributed by atoms with Gasteiger partial charge in [0.25, 0.3) is 5.91 Å². The Kier molecular flexibility index (Phi) is 5.55. The van der Waals surface area contributed by atoms with Gasteiger partial charge in [0.05, 0.1) is 18.3 Å². The summed E-state index contributed by atoms with van der Waals surface area (Å²) in [5.74, 6) is 0.0178. The van der Waals surface area contributed by atoms with Crippen LogP contribution in [-0.2, 0) is 0 Å². The number of β-amino-alcohol motifs (C(OH)–C–C–N with tert-alkyl or cyclic N) is 1. The van der Waals surface area contributed by atoms with Gasteiger partial charge in [-0.3, -0.25) is 9.69 Å². The van der Waals surface area contributed by atoms with Crippen LogP contribution in [0.4, 0.5) is 0 Å². The van der Waals surface area contributed by atoms with Crippen molar-refractivity contribution >= 4 is 5.91 Å². The van der Waals surface area contributed by atoms with E-state index < -0.39 is 0 Å². The van der Waals surface area contributed by atoms with Crippen LogP contribution in [0.15, 0.2) is 6.20 Å². The molecule has 1 amide bonds. The van der Waals surface area contributed by atoms with Crippen LogP contribution in [-0.4, -0.2) is 74.1 Å². The topological polar surface area (TPSA) is 74.5 Å². The van der Waals surface area contributed by atoms with E-state index in [0.717, 1.165) is 64.7 Å². The van der Waals surface area contributed by atoms with Crippen LogP contribution in [0, 0.1) is 0 Å². The smallest absolute Gasteiger partial charge is 0.276 e. The molecule has 0 radical (unpaired) electrons. The minimum absolute atomic E-state index is 0.0178. The van der Waals surface area contributed by atoms with E-state index in [2.05, 4.69) is 15.2 Å². The molecule has 3 aliphatic rings. The van der Waals surface area contributed by atoms with Gasteiger partial charge in [-0.15, -0.1) is 5.10 Å². The van der Waals surface area contributed by atoms with E-state index in [9.17, 15) is 9.90 Å². The van der Waals surface area contributed by atoms with Gasteiger partial charge in [0.15, 0.2) is 5.69 Å². The Balaban J connectivity index is 1.31. The van der Waals surface area contributed by atoms with E-state index in [1.165, 1.54) is 19.3 Å². The normalized spacial score (nSPS) is 27.0. The van der Waals surface area contributed by atoms with E-state index in [1.807, 2.05) is 15.8 Å². The van der Waals surface area contributed by atoms with Crippen LogP contribution in [0.2, 0.25) is 0 Å². The van der Waals surface area contributed by atoms with E-state index in [1.54, 1.807) is 0 Å². The first kappa shape index (κ1) is 17.9. The standard InChI is InChI=1S/C19H31N5O2/c25-17-7-4-10-23(13-17)15-8-11-22(12-9-15)19(26)18-14-24(21-20-18)16-5-2-1-3-6-16/h14-17,25H,1-13H2/t17-/m0/s1. The third-order valence-electron chi connectivity index (χ3n) is 6.37. The Hall–Kier alpha value is -1.47. The molecule has 1 aliphatic carbocycles. The van der Waals surface area contributed by atoms with Crippen molar-refractivity contribution in [1.29, 1.82) is 0 Å². The molecule has 1 atom stereocenters. The fraction of sp³-hybridized carbons (Fsp3) is 0.842. The van der Waals surface area contributed by atoms with Crippen molar-refractivity contribution in [1.82, 2.24) is 24.8 Å². The average Bonchev–Trinajstić information content (AvgIpc) is 3.18. The third-order valence-corrected chi connectivity index (χ3v) is 6.37. The first-order valence-electron chi connectivity index (χ1n) is 10.3. The number of hydrogen-bond donors (Lipinski definition) is 1. The van der Waals surface area contributed by atoms with Crippen LogP contribution in [0.5, 0.6) is 0 Å². The number of aliphatic hydroxyl groups excluding tert-OH is 1. The van der Waals surface area contributed by atoms with Crippen LogP contribution in [0.3, 0.4) is 0 Å². The Morgan fingerprint density at radius 1 is 0.962 bits per heavy atom. The molecule has 4 rings (SSSR count). The Morgan fingerprint density at radius 2 is 1.73 bits per heavy atom. The lowest BCUT2D eigenvalue weighted by atomic mass is 9.96.